The molecule has 0 radical (unpaired) electrons. The largest absolute Gasteiger partial charge is 0.393 e. The predicted octanol–water partition coefficient (Wildman–Crippen LogP) is 2.04. The van der Waals surface area contributed by atoms with Crippen LogP contribution in [0.4, 0.5) is 17.1 Å². The average Bonchev–Trinajstić information content (AvgIpc) is 2.55. The Hall–Kier alpha value is -2.33. The van der Waals surface area contributed by atoms with Gasteiger partial charge in [-0.05, 0) is 24.3 Å². The van der Waals surface area contributed by atoms with E-state index < -0.39 is 4.92 Å². The van der Waals surface area contributed by atoms with Crippen LogP contribution in [0.15, 0.2) is 12.1 Å². The molecule has 0 aromatic heterocycles. The second-order valence-electron chi connectivity index (χ2n) is 6.49. The van der Waals surface area contributed by atoms with E-state index >= 15 is 0 Å². The van der Waals surface area contributed by atoms with Gasteiger partial charge in [-0.2, -0.15) is 5.26 Å². The minimum Gasteiger partial charge on any atom is -0.393 e. The number of nitro benzene ring substituents is 1. The molecule has 1 aliphatic rings. The molecule has 0 aliphatic carbocycles. The summed E-state index contributed by atoms with van der Waals surface area (Å²) in [6.07, 6.45) is 0.875. The molecule has 0 bridgehead atoms. The second-order valence-corrected chi connectivity index (χ2v) is 6.49. The lowest BCUT2D eigenvalue weighted by atomic mass is 9.87. The predicted molar refractivity (Wildman–Crippen MR) is 83.5 cm³/mol. The Kier molecular flexibility index (Phi) is 4.24. The molecule has 7 nitrogen and oxygen atoms in total. The van der Waals surface area contributed by atoms with Gasteiger partial charge in [0.1, 0.15) is 17.3 Å². The average molecular weight is 304 g/mol. The van der Waals surface area contributed by atoms with Crippen LogP contribution in [-0.2, 0) is 0 Å². The number of anilines is 2. The van der Waals surface area contributed by atoms with E-state index in [1.807, 2.05) is 11.0 Å². The number of nitrogens with two attached hydrogens (primary N) is 1. The topological polar surface area (TPSA) is 116 Å². The third-order valence-corrected chi connectivity index (χ3v) is 3.99. The number of nitrogen functional groups attached to an aromatic ring is 1. The van der Waals surface area contributed by atoms with Gasteiger partial charge in [-0.3, -0.25) is 10.1 Å². The van der Waals surface area contributed by atoms with Crippen molar-refractivity contribution in [1.82, 2.24) is 0 Å². The van der Waals surface area contributed by atoms with Crippen LogP contribution in [0.1, 0.15) is 32.3 Å². The van der Waals surface area contributed by atoms with Crippen LogP contribution in [0.3, 0.4) is 0 Å². The molecule has 2 rings (SSSR count). The van der Waals surface area contributed by atoms with Gasteiger partial charge >= 0.3 is 0 Å². The van der Waals surface area contributed by atoms with Gasteiger partial charge in [0, 0.05) is 19.2 Å². The van der Waals surface area contributed by atoms with Crippen LogP contribution in [0.5, 0.6) is 0 Å². The number of hydrogen-bond donors (Lipinski definition) is 2. The fraction of sp³-hybridized carbons (Fsp3) is 0.533. The van der Waals surface area contributed by atoms with E-state index in [9.17, 15) is 20.5 Å². The molecular formula is C15H20N4O3. The maximum atomic E-state index is 10.9. The molecule has 7 heteroatoms. The third kappa shape index (κ3) is 3.12. The molecule has 0 saturated carbocycles. The number of rotatable bonds is 2. The molecule has 1 fully saturated rings. The first-order chi connectivity index (χ1) is 10.2. The van der Waals surface area contributed by atoms with Crippen molar-refractivity contribution in [3.05, 3.63) is 27.8 Å². The summed E-state index contributed by atoms with van der Waals surface area (Å²) in [7, 11) is 0. The number of aliphatic hydroxyl groups is 1. The van der Waals surface area contributed by atoms with E-state index in [-0.39, 0.29) is 28.5 Å². The van der Waals surface area contributed by atoms with Crippen molar-refractivity contribution in [3.63, 3.8) is 0 Å². The van der Waals surface area contributed by atoms with Crippen molar-refractivity contribution in [3.8, 4) is 6.07 Å². The lowest BCUT2D eigenvalue weighted by Crippen LogP contribution is -2.33. The van der Waals surface area contributed by atoms with Crippen LogP contribution in [0.2, 0.25) is 0 Å². The summed E-state index contributed by atoms with van der Waals surface area (Å²) >= 11 is 0. The van der Waals surface area contributed by atoms with Crippen LogP contribution >= 0.6 is 0 Å². The van der Waals surface area contributed by atoms with Crippen LogP contribution in [0.25, 0.3) is 0 Å². The molecule has 0 amide bonds. The highest BCUT2D eigenvalue weighted by Gasteiger charge is 2.31. The van der Waals surface area contributed by atoms with Gasteiger partial charge in [-0.1, -0.05) is 13.8 Å². The zero-order valence-electron chi connectivity index (χ0n) is 12.7. The highest BCUT2D eigenvalue weighted by molar-refractivity contribution is 5.77. The Labute approximate surface area is 129 Å². The van der Waals surface area contributed by atoms with Crippen molar-refractivity contribution in [2.24, 2.45) is 5.41 Å². The van der Waals surface area contributed by atoms with Gasteiger partial charge in [-0.15, -0.1) is 0 Å². The molecule has 1 aromatic carbocycles. The first kappa shape index (κ1) is 16.0. The summed E-state index contributed by atoms with van der Waals surface area (Å²) in [5, 5.41) is 30.3. The Morgan fingerprint density at radius 1 is 1.55 bits per heavy atom. The van der Waals surface area contributed by atoms with Crippen molar-refractivity contribution in [1.29, 1.82) is 5.26 Å². The summed E-state index contributed by atoms with van der Waals surface area (Å²) in [5.41, 5.74) is 6.03. The summed E-state index contributed by atoms with van der Waals surface area (Å²) in [4.78, 5) is 12.3. The molecule has 22 heavy (non-hydrogen) atoms. The zero-order chi connectivity index (χ0) is 16.5. The normalized spacial score (nSPS) is 21.0. The van der Waals surface area contributed by atoms with Gasteiger partial charge in [0.2, 0.25) is 0 Å². The quantitative estimate of drug-likeness (QED) is 0.490. The van der Waals surface area contributed by atoms with E-state index in [0.717, 1.165) is 0 Å². The zero-order valence-corrected chi connectivity index (χ0v) is 12.7. The molecule has 1 atom stereocenters. The molecule has 1 aliphatic heterocycles. The summed E-state index contributed by atoms with van der Waals surface area (Å²) in [6, 6.07) is 4.89. The number of aliphatic hydroxyl groups excluding tert-OH is 1. The Balaban J connectivity index is 2.46. The fourth-order valence-electron chi connectivity index (χ4n) is 3.05. The molecule has 1 saturated heterocycles. The summed E-state index contributed by atoms with van der Waals surface area (Å²) in [5.74, 6) is 0. The highest BCUT2D eigenvalue weighted by atomic mass is 16.6. The summed E-state index contributed by atoms with van der Waals surface area (Å²) < 4.78 is 0. The van der Waals surface area contributed by atoms with E-state index in [1.54, 1.807) is 6.07 Å². The second kappa shape index (κ2) is 5.81. The molecule has 1 heterocycles. The van der Waals surface area contributed by atoms with Crippen molar-refractivity contribution in [2.75, 3.05) is 23.7 Å². The van der Waals surface area contributed by atoms with Crippen molar-refractivity contribution < 1.29 is 10.0 Å². The molecule has 118 valence electrons. The Morgan fingerprint density at radius 2 is 2.23 bits per heavy atom. The van der Waals surface area contributed by atoms with Crippen LogP contribution < -0.4 is 10.6 Å². The fourth-order valence-corrected chi connectivity index (χ4v) is 3.05. The smallest absolute Gasteiger partial charge is 0.293 e. The number of nitriles is 1. The SMILES string of the molecule is CC1(C)CC(O)CCN(c2ccc([N+](=O)[O-])c(N)c2C#N)C1. The van der Waals surface area contributed by atoms with Gasteiger partial charge in [0.25, 0.3) is 5.69 Å². The van der Waals surface area contributed by atoms with Gasteiger partial charge in [0.15, 0.2) is 0 Å². The number of hydrogen-bond acceptors (Lipinski definition) is 6. The minimum atomic E-state index is -0.587. The van der Waals surface area contributed by atoms with Gasteiger partial charge in [0.05, 0.1) is 16.7 Å². The molecule has 3 N–H and O–H groups in total. The van der Waals surface area contributed by atoms with Gasteiger partial charge < -0.3 is 15.7 Å². The lowest BCUT2D eigenvalue weighted by molar-refractivity contribution is -0.383. The summed E-state index contributed by atoms with van der Waals surface area (Å²) in [6.45, 7) is 5.33. The van der Waals surface area contributed by atoms with Crippen LogP contribution in [0, 0.1) is 26.9 Å². The van der Waals surface area contributed by atoms with Crippen molar-refractivity contribution >= 4 is 17.1 Å². The van der Waals surface area contributed by atoms with Crippen LogP contribution in [-0.4, -0.2) is 29.2 Å². The van der Waals surface area contributed by atoms with E-state index in [4.69, 9.17) is 5.73 Å². The van der Waals surface area contributed by atoms with Gasteiger partial charge in [-0.25, -0.2) is 0 Å². The maximum Gasteiger partial charge on any atom is 0.293 e. The third-order valence-electron chi connectivity index (χ3n) is 3.99. The van der Waals surface area contributed by atoms with E-state index in [2.05, 4.69) is 13.8 Å². The standard InChI is InChI=1S/C15H20N4O3/c1-15(2)7-10(20)5-6-18(9-15)12-3-4-13(19(21)22)14(17)11(12)8-16/h3-4,10,20H,5-7,9,17H2,1-2H3. The van der Waals surface area contributed by atoms with Crippen molar-refractivity contribution in [2.45, 2.75) is 32.8 Å². The molecular weight excluding hydrogens is 284 g/mol. The number of nitrogens with zero attached hydrogens (tertiary/aromatic N) is 3. The van der Waals surface area contributed by atoms with E-state index in [1.165, 1.54) is 6.07 Å². The molecule has 1 aromatic rings. The Morgan fingerprint density at radius 3 is 2.82 bits per heavy atom. The molecule has 1 unspecified atom stereocenters. The molecule has 0 spiro atoms. The monoisotopic (exact) mass is 304 g/mol. The minimum absolute atomic E-state index is 0.104. The first-order valence-electron chi connectivity index (χ1n) is 7.15. The number of nitro groups is 1. The number of benzene rings is 1. The Bertz CT molecular complexity index is 636. The van der Waals surface area contributed by atoms with E-state index in [0.29, 0.717) is 31.6 Å². The maximum absolute atomic E-state index is 10.9. The first-order valence-corrected chi connectivity index (χ1v) is 7.15. The lowest BCUT2D eigenvalue weighted by Gasteiger charge is -2.31. The highest BCUT2D eigenvalue weighted by Crippen LogP contribution is 2.36.